The number of nitrogens with one attached hydrogen (secondary N) is 1. The molecule has 3 heterocycles. The van der Waals surface area contributed by atoms with Gasteiger partial charge in [0.05, 0.1) is 21.4 Å². The Bertz CT molecular complexity index is 586. The van der Waals surface area contributed by atoms with Crippen molar-refractivity contribution in [1.82, 2.24) is 10.2 Å². The quantitative estimate of drug-likeness (QED) is 0.902. The van der Waals surface area contributed by atoms with Gasteiger partial charge in [-0.2, -0.15) is 0 Å². The second kappa shape index (κ2) is 7.20. The van der Waals surface area contributed by atoms with Crippen molar-refractivity contribution in [3.63, 3.8) is 0 Å². The molecule has 1 aromatic heterocycles. The summed E-state index contributed by atoms with van der Waals surface area (Å²) in [4.78, 5) is 27.4. The maximum absolute atomic E-state index is 12.6. The van der Waals surface area contributed by atoms with E-state index in [-0.39, 0.29) is 24.0 Å². The molecule has 0 saturated carbocycles. The maximum Gasteiger partial charge on any atom is 0.264 e. The van der Waals surface area contributed by atoms with Crippen LogP contribution in [0.15, 0.2) is 12.1 Å². The van der Waals surface area contributed by atoms with E-state index in [0.717, 1.165) is 25.9 Å². The Morgan fingerprint density at radius 3 is 2.87 bits per heavy atom. The first-order valence-corrected chi connectivity index (χ1v) is 9.24. The zero-order valence-electron chi connectivity index (χ0n) is 13.1. The van der Waals surface area contributed by atoms with Crippen molar-refractivity contribution >= 4 is 34.8 Å². The van der Waals surface area contributed by atoms with Gasteiger partial charge in [0.2, 0.25) is 5.91 Å². The number of thiophene rings is 1. The molecule has 0 radical (unpaired) electrons. The normalized spacial score (nSPS) is 25.6. The summed E-state index contributed by atoms with van der Waals surface area (Å²) < 4.78 is 6.20. The molecule has 3 rings (SSSR count). The van der Waals surface area contributed by atoms with E-state index in [1.807, 2.05) is 6.92 Å². The number of nitrogens with zero attached hydrogens (tertiary/aromatic N) is 1. The van der Waals surface area contributed by atoms with Crippen molar-refractivity contribution < 1.29 is 14.3 Å². The van der Waals surface area contributed by atoms with Crippen LogP contribution >= 0.6 is 22.9 Å². The van der Waals surface area contributed by atoms with E-state index in [0.29, 0.717) is 22.2 Å². The first-order valence-electron chi connectivity index (χ1n) is 8.04. The monoisotopic (exact) mass is 356 g/mol. The van der Waals surface area contributed by atoms with E-state index in [4.69, 9.17) is 16.3 Å². The van der Waals surface area contributed by atoms with Gasteiger partial charge in [0, 0.05) is 13.2 Å². The minimum atomic E-state index is -0.396. The van der Waals surface area contributed by atoms with Crippen LogP contribution in [-0.4, -0.2) is 48.1 Å². The van der Waals surface area contributed by atoms with Gasteiger partial charge >= 0.3 is 0 Å². The molecule has 0 spiro atoms. The summed E-state index contributed by atoms with van der Waals surface area (Å²) in [5, 5.41) is 3.02. The lowest BCUT2D eigenvalue weighted by Gasteiger charge is -2.27. The molecule has 2 amide bonds. The number of carbonyl (C=O) groups excluding carboxylic acids is 2. The molecule has 2 fully saturated rings. The second-order valence-corrected chi connectivity index (χ2v) is 7.82. The van der Waals surface area contributed by atoms with Crippen LogP contribution in [0.5, 0.6) is 0 Å². The van der Waals surface area contributed by atoms with E-state index >= 15 is 0 Å². The number of rotatable bonds is 4. The molecule has 2 saturated heterocycles. The van der Waals surface area contributed by atoms with Gasteiger partial charge in [-0.25, -0.2) is 0 Å². The van der Waals surface area contributed by atoms with Gasteiger partial charge in [-0.15, -0.1) is 11.3 Å². The van der Waals surface area contributed by atoms with E-state index in [2.05, 4.69) is 5.32 Å². The molecule has 2 aliphatic rings. The van der Waals surface area contributed by atoms with Crippen LogP contribution in [0.3, 0.4) is 0 Å². The van der Waals surface area contributed by atoms with Crippen LogP contribution in [0.1, 0.15) is 42.3 Å². The lowest BCUT2D eigenvalue weighted by atomic mass is 10.1. The average Bonchev–Trinajstić information content (AvgIpc) is 3.27. The fourth-order valence-corrected chi connectivity index (χ4v) is 4.26. The minimum absolute atomic E-state index is 0.0289. The van der Waals surface area contributed by atoms with Crippen LogP contribution in [0, 0.1) is 0 Å². The second-order valence-electron chi connectivity index (χ2n) is 6.11. The molecule has 3 atom stereocenters. The summed E-state index contributed by atoms with van der Waals surface area (Å²) in [6, 6.07) is 3.01. The summed E-state index contributed by atoms with van der Waals surface area (Å²) >= 11 is 7.16. The molecular formula is C16H21ClN2O3S. The average molecular weight is 357 g/mol. The Balaban J connectivity index is 1.63. The Hall–Kier alpha value is -1.11. The molecule has 1 N–H and O–H groups in total. The van der Waals surface area contributed by atoms with Gasteiger partial charge in [0.25, 0.3) is 5.91 Å². The third-order valence-corrected chi connectivity index (χ3v) is 5.71. The highest BCUT2D eigenvalue weighted by Crippen LogP contribution is 2.27. The molecular weight excluding hydrogens is 336 g/mol. The smallest absolute Gasteiger partial charge is 0.264 e. The molecule has 0 bridgehead atoms. The Morgan fingerprint density at radius 1 is 1.39 bits per heavy atom. The van der Waals surface area contributed by atoms with Crippen molar-refractivity contribution in [3.05, 3.63) is 21.3 Å². The minimum Gasteiger partial charge on any atom is -0.376 e. The number of halogens is 1. The van der Waals surface area contributed by atoms with Crippen molar-refractivity contribution in [2.75, 3.05) is 13.2 Å². The van der Waals surface area contributed by atoms with E-state index in [1.165, 1.54) is 11.3 Å². The highest BCUT2D eigenvalue weighted by molar-refractivity contribution is 7.17. The number of carbonyl (C=O) groups is 2. The summed E-state index contributed by atoms with van der Waals surface area (Å²) in [7, 11) is 0. The summed E-state index contributed by atoms with van der Waals surface area (Å²) in [5.74, 6) is -0.189. The highest BCUT2D eigenvalue weighted by atomic mass is 35.5. The van der Waals surface area contributed by atoms with Gasteiger partial charge in [-0.3, -0.25) is 9.59 Å². The van der Waals surface area contributed by atoms with Crippen molar-refractivity contribution in [3.8, 4) is 0 Å². The molecule has 0 unspecified atom stereocenters. The maximum atomic E-state index is 12.6. The fraction of sp³-hybridized carbons (Fsp3) is 0.625. The van der Waals surface area contributed by atoms with Crippen LogP contribution in [0.4, 0.5) is 0 Å². The highest BCUT2D eigenvalue weighted by Gasteiger charge is 2.36. The summed E-state index contributed by atoms with van der Waals surface area (Å²) in [6.07, 6.45) is 3.65. The predicted octanol–water partition coefficient (Wildman–Crippen LogP) is 2.69. The van der Waals surface area contributed by atoms with Crippen LogP contribution in [0.2, 0.25) is 4.34 Å². The molecule has 0 aromatic carbocycles. The fourth-order valence-electron chi connectivity index (χ4n) is 3.26. The van der Waals surface area contributed by atoms with Crippen LogP contribution in [-0.2, 0) is 9.53 Å². The topological polar surface area (TPSA) is 58.6 Å². The SMILES string of the molecule is C[C@H](NC(=O)[C@@H]1CCCN1C(=O)c1ccc(Cl)s1)[C@@H]1CCCO1. The van der Waals surface area contributed by atoms with Gasteiger partial charge in [0.15, 0.2) is 0 Å². The Kier molecular flexibility index (Phi) is 5.24. The van der Waals surface area contributed by atoms with E-state index in [1.54, 1.807) is 17.0 Å². The number of likely N-dealkylation sites (tertiary alicyclic amines) is 1. The number of hydrogen-bond donors (Lipinski definition) is 1. The summed E-state index contributed by atoms with van der Waals surface area (Å²) in [5.41, 5.74) is 0. The summed E-state index contributed by atoms with van der Waals surface area (Å²) in [6.45, 7) is 3.34. The molecule has 5 nitrogen and oxygen atoms in total. The Labute approximate surface area is 144 Å². The number of amides is 2. The lowest BCUT2D eigenvalue weighted by Crippen LogP contribution is -2.50. The van der Waals surface area contributed by atoms with E-state index < -0.39 is 6.04 Å². The van der Waals surface area contributed by atoms with Crippen LogP contribution in [0.25, 0.3) is 0 Å². The van der Waals surface area contributed by atoms with Gasteiger partial charge < -0.3 is 15.0 Å². The van der Waals surface area contributed by atoms with Crippen molar-refractivity contribution in [2.24, 2.45) is 0 Å². The lowest BCUT2D eigenvalue weighted by molar-refractivity contribution is -0.126. The van der Waals surface area contributed by atoms with Gasteiger partial charge in [-0.1, -0.05) is 11.6 Å². The molecule has 23 heavy (non-hydrogen) atoms. The molecule has 2 aliphatic heterocycles. The van der Waals surface area contributed by atoms with Crippen molar-refractivity contribution in [2.45, 2.75) is 50.8 Å². The third kappa shape index (κ3) is 3.70. The third-order valence-electron chi connectivity index (χ3n) is 4.49. The van der Waals surface area contributed by atoms with Gasteiger partial charge in [-0.05, 0) is 44.7 Å². The standard InChI is InChI=1S/C16H21ClN2O3S/c1-10(12-5-3-9-22-12)18-15(20)11-4-2-8-19(11)16(21)13-6-7-14(17)23-13/h6-7,10-12H,2-5,8-9H2,1H3,(H,18,20)/t10-,11-,12-/m0/s1. The molecule has 7 heteroatoms. The number of hydrogen-bond acceptors (Lipinski definition) is 4. The first-order chi connectivity index (χ1) is 11.1. The predicted molar refractivity (Wildman–Crippen MR) is 90.0 cm³/mol. The molecule has 1 aromatic rings. The molecule has 126 valence electrons. The zero-order chi connectivity index (χ0) is 16.4. The van der Waals surface area contributed by atoms with Crippen molar-refractivity contribution in [1.29, 1.82) is 0 Å². The van der Waals surface area contributed by atoms with Gasteiger partial charge in [0.1, 0.15) is 6.04 Å². The Morgan fingerprint density at radius 2 is 2.22 bits per heavy atom. The molecule has 0 aliphatic carbocycles. The number of ether oxygens (including phenoxy) is 1. The zero-order valence-corrected chi connectivity index (χ0v) is 14.7. The largest absolute Gasteiger partial charge is 0.376 e. The first kappa shape index (κ1) is 16.7. The van der Waals surface area contributed by atoms with E-state index in [9.17, 15) is 9.59 Å². The van der Waals surface area contributed by atoms with Crippen LogP contribution < -0.4 is 5.32 Å².